The molecule has 0 N–H and O–H groups in total. The highest BCUT2D eigenvalue weighted by Gasteiger charge is 2.27. The van der Waals surface area contributed by atoms with Gasteiger partial charge in [0.1, 0.15) is 22.0 Å². The Hall–Kier alpha value is -2.74. The van der Waals surface area contributed by atoms with Gasteiger partial charge in [-0.3, -0.25) is 0 Å². The first-order valence-corrected chi connectivity index (χ1v) is 12.6. The van der Waals surface area contributed by atoms with Gasteiger partial charge in [-0.1, -0.05) is 12.1 Å². The van der Waals surface area contributed by atoms with Crippen LogP contribution in [-0.2, 0) is 14.9 Å². The molecule has 1 aliphatic heterocycles. The van der Waals surface area contributed by atoms with Crippen molar-refractivity contribution in [3.8, 4) is 11.5 Å². The number of hydrogen-bond acceptors (Lipinski definition) is 6. The van der Waals surface area contributed by atoms with E-state index in [9.17, 15) is 13.2 Å². The monoisotopic (exact) mass is 475 g/mol. The highest BCUT2D eigenvalue weighted by Crippen LogP contribution is 2.27. The first-order valence-electron chi connectivity index (χ1n) is 11.1. The smallest absolute Gasteiger partial charge is 0.410 e. The van der Waals surface area contributed by atoms with Crippen LogP contribution in [0, 0.1) is 19.8 Å². The molecule has 0 atom stereocenters. The van der Waals surface area contributed by atoms with Gasteiger partial charge >= 0.3 is 16.2 Å². The van der Waals surface area contributed by atoms with E-state index in [2.05, 4.69) is 0 Å². The number of aryl methyl sites for hydroxylation is 2. The zero-order chi connectivity index (χ0) is 24.2. The molecule has 0 aliphatic carbocycles. The van der Waals surface area contributed by atoms with Crippen LogP contribution >= 0.6 is 0 Å². The standard InChI is InChI=1S/C25H33NO6S/c1-18-7-6-8-23(15-18)33(28,29)32-22-14-19(2)13-21(16-22)30-17-20-9-11-26(12-10-20)24(27)31-25(3,4)5/h6-8,13-16,20H,9-12,17H2,1-5H3. The molecule has 1 fully saturated rings. The second kappa shape index (κ2) is 10.0. The van der Waals surface area contributed by atoms with Crippen molar-refractivity contribution in [2.45, 2.75) is 58.0 Å². The fourth-order valence-corrected chi connectivity index (χ4v) is 4.64. The second-order valence-electron chi connectivity index (χ2n) is 9.56. The van der Waals surface area contributed by atoms with E-state index in [0.717, 1.165) is 24.0 Å². The Kier molecular flexibility index (Phi) is 7.57. The molecule has 7 nitrogen and oxygen atoms in total. The van der Waals surface area contributed by atoms with Gasteiger partial charge in [-0.25, -0.2) is 4.79 Å². The molecular formula is C25H33NO6S. The van der Waals surface area contributed by atoms with Gasteiger partial charge in [0.05, 0.1) is 6.61 Å². The molecule has 0 spiro atoms. The van der Waals surface area contributed by atoms with Crippen molar-refractivity contribution in [3.05, 3.63) is 53.6 Å². The number of piperidine rings is 1. The maximum atomic E-state index is 12.6. The Morgan fingerprint density at radius 3 is 2.30 bits per heavy atom. The molecular weight excluding hydrogens is 442 g/mol. The minimum atomic E-state index is -3.94. The summed E-state index contributed by atoms with van der Waals surface area (Å²) in [4.78, 5) is 14.1. The lowest BCUT2D eigenvalue weighted by atomic mass is 9.98. The predicted octanol–water partition coefficient (Wildman–Crippen LogP) is 5.10. The van der Waals surface area contributed by atoms with Crippen LogP contribution in [0.1, 0.15) is 44.7 Å². The van der Waals surface area contributed by atoms with Crippen molar-refractivity contribution < 1.29 is 26.9 Å². The van der Waals surface area contributed by atoms with Crippen LogP contribution in [0.15, 0.2) is 47.4 Å². The van der Waals surface area contributed by atoms with E-state index < -0.39 is 15.7 Å². The van der Waals surface area contributed by atoms with Crippen molar-refractivity contribution in [1.82, 2.24) is 4.90 Å². The van der Waals surface area contributed by atoms with E-state index in [4.69, 9.17) is 13.7 Å². The third-order valence-electron chi connectivity index (χ3n) is 5.26. The van der Waals surface area contributed by atoms with E-state index in [1.165, 1.54) is 6.07 Å². The molecule has 180 valence electrons. The number of likely N-dealkylation sites (tertiary alicyclic amines) is 1. The average molecular weight is 476 g/mol. The van der Waals surface area contributed by atoms with E-state index in [1.54, 1.807) is 29.2 Å². The molecule has 0 saturated carbocycles. The van der Waals surface area contributed by atoms with Gasteiger partial charge in [0.25, 0.3) is 0 Å². The summed E-state index contributed by atoms with van der Waals surface area (Å²) in [6, 6.07) is 11.7. The number of nitrogens with zero attached hydrogens (tertiary/aromatic N) is 1. The van der Waals surface area contributed by atoms with Gasteiger partial charge in [0, 0.05) is 19.2 Å². The minimum Gasteiger partial charge on any atom is -0.493 e. The molecule has 8 heteroatoms. The first kappa shape index (κ1) is 24.9. The van der Waals surface area contributed by atoms with Crippen LogP contribution in [0.5, 0.6) is 11.5 Å². The third kappa shape index (κ3) is 7.39. The Balaban J connectivity index is 1.57. The fourth-order valence-electron chi connectivity index (χ4n) is 3.61. The number of rotatable bonds is 6. The molecule has 1 heterocycles. The molecule has 0 unspecified atom stereocenters. The van der Waals surface area contributed by atoms with E-state index >= 15 is 0 Å². The summed E-state index contributed by atoms with van der Waals surface area (Å²) in [5.41, 5.74) is 1.17. The molecule has 3 rings (SSSR count). The van der Waals surface area contributed by atoms with Crippen LogP contribution in [0.4, 0.5) is 4.79 Å². The summed E-state index contributed by atoms with van der Waals surface area (Å²) >= 11 is 0. The largest absolute Gasteiger partial charge is 0.493 e. The van der Waals surface area contributed by atoms with Gasteiger partial charge in [0.2, 0.25) is 0 Å². The Morgan fingerprint density at radius 1 is 1.00 bits per heavy atom. The molecule has 33 heavy (non-hydrogen) atoms. The van der Waals surface area contributed by atoms with Crippen LogP contribution in [0.3, 0.4) is 0 Å². The van der Waals surface area contributed by atoms with Crippen molar-refractivity contribution in [2.75, 3.05) is 19.7 Å². The zero-order valence-corrected chi connectivity index (χ0v) is 20.8. The topological polar surface area (TPSA) is 82.1 Å². The summed E-state index contributed by atoms with van der Waals surface area (Å²) in [5, 5.41) is 0. The van der Waals surface area contributed by atoms with Crippen molar-refractivity contribution in [3.63, 3.8) is 0 Å². The first-order chi connectivity index (χ1) is 15.4. The molecule has 1 aliphatic rings. The Bertz CT molecular complexity index is 1080. The van der Waals surface area contributed by atoms with Crippen molar-refractivity contribution in [1.29, 1.82) is 0 Å². The maximum Gasteiger partial charge on any atom is 0.410 e. The number of carbonyl (C=O) groups is 1. The number of amides is 1. The predicted molar refractivity (Wildman–Crippen MR) is 126 cm³/mol. The quantitative estimate of drug-likeness (QED) is 0.541. The minimum absolute atomic E-state index is 0.114. The number of hydrogen-bond donors (Lipinski definition) is 0. The summed E-state index contributed by atoms with van der Waals surface area (Å²) < 4.78 is 42.1. The van der Waals surface area contributed by atoms with Crippen LogP contribution in [-0.4, -0.2) is 44.7 Å². The molecule has 1 amide bonds. The summed E-state index contributed by atoms with van der Waals surface area (Å²) in [6.45, 7) is 11.0. The van der Waals surface area contributed by atoms with E-state index in [-0.39, 0.29) is 16.7 Å². The molecule has 0 bridgehead atoms. The lowest BCUT2D eigenvalue weighted by Crippen LogP contribution is -2.42. The summed E-state index contributed by atoms with van der Waals surface area (Å²) in [6.07, 6.45) is 1.35. The van der Waals surface area contributed by atoms with Crippen LogP contribution < -0.4 is 8.92 Å². The molecule has 2 aromatic carbocycles. The maximum absolute atomic E-state index is 12.6. The van der Waals surface area contributed by atoms with Crippen molar-refractivity contribution >= 4 is 16.2 Å². The molecule has 2 aromatic rings. The average Bonchev–Trinajstić information content (AvgIpc) is 2.71. The SMILES string of the molecule is Cc1cc(OCC2CCN(C(=O)OC(C)(C)C)CC2)cc(OS(=O)(=O)c2cccc(C)c2)c1. The zero-order valence-electron chi connectivity index (χ0n) is 20.0. The molecule has 0 radical (unpaired) electrons. The third-order valence-corrected chi connectivity index (χ3v) is 6.50. The fraction of sp³-hybridized carbons (Fsp3) is 0.480. The van der Waals surface area contributed by atoms with E-state index in [0.29, 0.717) is 31.4 Å². The van der Waals surface area contributed by atoms with Gasteiger partial charge in [-0.05, 0) is 88.8 Å². The van der Waals surface area contributed by atoms with Crippen molar-refractivity contribution in [2.24, 2.45) is 5.92 Å². The number of carbonyl (C=O) groups excluding carboxylic acids is 1. The van der Waals surface area contributed by atoms with Gasteiger partial charge in [-0.15, -0.1) is 0 Å². The molecule has 0 aromatic heterocycles. The van der Waals surface area contributed by atoms with Gasteiger partial charge < -0.3 is 18.6 Å². The molecule has 1 saturated heterocycles. The number of benzene rings is 2. The lowest BCUT2D eigenvalue weighted by Gasteiger charge is -2.33. The number of ether oxygens (including phenoxy) is 2. The summed E-state index contributed by atoms with van der Waals surface area (Å²) in [5.74, 6) is 1.06. The highest BCUT2D eigenvalue weighted by molar-refractivity contribution is 7.87. The Labute approximate surface area is 196 Å². The van der Waals surface area contributed by atoms with Gasteiger partial charge in [-0.2, -0.15) is 8.42 Å². The van der Waals surface area contributed by atoms with Crippen LogP contribution in [0.2, 0.25) is 0 Å². The normalized spacial score (nSPS) is 15.2. The van der Waals surface area contributed by atoms with Crippen LogP contribution in [0.25, 0.3) is 0 Å². The highest BCUT2D eigenvalue weighted by atomic mass is 32.2. The van der Waals surface area contributed by atoms with E-state index in [1.807, 2.05) is 46.8 Å². The summed E-state index contributed by atoms with van der Waals surface area (Å²) in [7, 11) is -3.94. The van der Waals surface area contributed by atoms with Gasteiger partial charge in [0.15, 0.2) is 0 Å². The Morgan fingerprint density at radius 2 is 1.67 bits per heavy atom. The second-order valence-corrected chi connectivity index (χ2v) is 11.1. The lowest BCUT2D eigenvalue weighted by molar-refractivity contribution is 0.0165.